The normalized spacial score (nSPS) is 18.7. The van der Waals surface area contributed by atoms with Gasteiger partial charge in [0.15, 0.2) is 17.4 Å². The molecule has 3 aliphatic heterocycles. The van der Waals surface area contributed by atoms with Gasteiger partial charge < -0.3 is 19.3 Å². The SMILES string of the molecule is Cc1nn(-c2cc(OC3CN(C(=O)N4N=CC[C@H]4c4cc(F)cc(F)c4)C3)c(F)cn2)c(C)c1CC(=O)N1CCOCC1. The maximum atomic E-state index is 14.7. The monoisotopic (exact) mass is 597 g/mol. The molecule has 0 bridgehead atoms. The molecule has 0 unspecified atom stereocenters. The molecule has 0 aliphatic carbocycles. The van der Waals surface area contributed by atoms with Gasteiger partial charge in [0.05, 0.1) is 50.7 Å². The number of carbonyl (C=O) groups is 2. The third-order valence-corrected chi connectivity index (χ3v) is 7.86. The second kappa shape index (κ2) is 11.7. The highest BCUT2D eigenvalue weighted by Crippen LogP contribution is 2.32. The Kier molecular flexibility index (Phi) is 7.77. The third-order valence-electron chi connectivity index (χ3n) is 7.86. The number of rotatable bonds is 6. The zero-order valence-corrected chi connectivity index (χ0v) is 23.7. The molecular weight excluding hydrogens is 567 g/mol. The van der Waals surface area contributed by atoms with Gasteiger partial charge in [-0.15, -0.1) is 0 Å². The Morgan fingerprint density at radius 1 is 1.02 bits per heavy atom. The molecule has 14 heteroatoms. The van der Waals surface area contributed by atoms with E-state index in [2.05, 4.69) is 15.2 Å². The number of aryl methyl sites for hydroxylation is 1. The van der Waals surface area contributed by atoms with Crippen molar-refractivity contribution in [3.8, 4) is 11.6 Å². The van der Waals surface area contributed by atoms with Crippen molar-refractivity contribution in [2.75, 3.05) is 39.4 Å². The van der Waals surface area contributed by atoms with Crippen molar-refractivity contribution in [2.45, 2.75) is 38.8 Å². The number of aromatic nitrogens is 3. The van der Waals surface area contributed by atoms with Gasteiger partial charge in [0.25, 0.3) is 0 Å². The van der Waals surface area contributed by atoms with E-state index in [4.69, 9.17) is 9.47 Å². The predicted molar refractivity (Wildman–Crippen MR) is 147 cm³/mol. The molecule has 3 aromatic rings. The average Bonchev–Trinajstić information content (AvgIpc) is 3.56. The first-order valence-corrected chi connectivity index (χ1v) is 14.0. The minimum Gasteiger partial charge on any atom is -0.483 e. The fourth-order valence-electron chi connectivity index (χ4n) is 5.48. The maximum absolute atomic E-state index is 14.7. The number of nitrogens with zero attached hydrogens (tertiary/aromatic N) is 7. The molecule has 43 heavy (non-hydrogen) atoms. The van der Waals surface area contributed by atoms with Gasteiger partial charge in [0, 0.05) is 49.1 Å². The summed E-state index contributed by atoms with van der Waals surface area (Å²) in [6, 6.07) is 3.50. The number of ether oxygens (including phenoxy) is 2. The molecule has 2 aromatic heterocycles. The minimum absolute atomic E-state index is 0.0109. The summed E-state index contributed by atoms with van der Waals surface area (Å²) in [5.41, 5.74) is 2.47. The smallest absolute Gasteiger partial charge is 0.341 e. The summed E-state index contributed by atoms with van der Waals surface area (Å²) >= 11 is 0. The number of hydrazone groups is 1. The first kappa shape index (κ1) is 28.6. The molecule has 0 N–H and O–H groups in total. The van der Waals surface area contributed by atoms with Crippen molar-refractivity contribution in [1.29, 1.82) is 0 Å². The quantitative estimate of drug-likeness (QED) is 0.432. The number of halogens is 3. The number of amides is 3. The molecule has 0 saturated carbocycles. The molecule has 2 saturated heterocycles. The average molecular weight is 598 g/mol. The molecule has 3 aliphatic rings. The molecule has 11 nitrogen and oxygen atoms in total. The largest absolute Gasteiger partial charge is 0.483 e. The summed E-state index contributed by atoms with van der Waals surface area (Å²) < 4.78 is 55.0. The number of urea groups is 1. The summed E-state index contributed by atoms with van der Waals surface area (Å²) in [6.45, 7) is 6.10. The lowest BCUT2D eigenvalue weighted by Crippen LogP contribution is -2.58. The number of hydrogen-bond donors (Lipinski definition) is 0. The van der Waals surface area contributed by atoms with Crippen molar-refractivity contribution in [2.24, 2.45) is 5.10 Å². The fourth-order valence-corrected chi connectivity index (χ4v) is 5.48. The first-order chi connectivity index (χ1) is 20.7. The Labute approximate surface area is 245 Å². The van der Waals surface area contributed by atoms with Crippen molar-refractivity contribution in [3.63, 3.8) is 0 Å². The number of pyridine rings is 1. The van der Waals surface area contributed by atoms with Gasteiger partial charge in [-0.3, -0.25) is 4.79 Å². The van der Waals surface area contributed by atoms with Crippen LogP contribution in [0.3, 0.4) is 0 Å². The van der Waals surface area contributed by atoms with Crippen molar-refractivity contribution < 1.29 is 32.2 Å². The second-order valence-corrected chi connectivity index (χ2v) is 10.7. The Morgan fingerprint density at radius 2 is 1.74 bits per heavy atom. The van der Waals surface area contributed by atoms with E-state index in [1.807, 2.05) is 13.8 Å². The molecule has 1 aromatic carbocycles. The Balaban J connectivity index is 1.10. The standard InChI is InChI=1S/C29H30F3N7O4/c1-17-23(12-28(40)36-5-7-42-8-6-36)18(2)38(35-17)27-13-26(24(32)14-33-27)43-22-15-37(16-22)29(41)39-25(3-4-34-39)19-9-20(30)11-21(31)10-19/h4,9-11,13-14,22,25H,3,5-8,12,15-16H2,1-2H3/t25-/m0/s1. The van der Waals surface area contributed by atoms with Crippen molar-refractivity contribution in [1.82, 2.24) is 29.6 Å². The molecule has 6 rings (SSSR count). The van der Waals surface area contributed by atoms with Crippen LogP contribution in [0.2, 0.25) is 0 Å². The minimum atomic E-state index is -0.733. The van der Waals surface area contributed by atoms with Crippen LogP contribution in [0.15, 0.2) is 35.6 Å². The lowest BCUT2D eigenvalue weighted by Gasteiger charge is -2.41. The van der Waals surface area contributed by atoms with Crippen LogP contribution in [0.25, 0.3) is 5.82 Å². The summed E-state index contributed by atoms with van der Waals surface area (Å²) in [5, 5.41) is 9.85. The van der Waals surface area contributed by atoms with E-state index in [-0.39, 0.29) is 31.2 Å². The van der Waals surface area contributed by atoms with E-state index in [0.29, 0.717) is 55.5 Å². The van der Waals surface area contributed by atoms with Gasteiger partial charge in [-0.25, -0.2) is 32.6 Å². The lowest BCUT2D eigenvalue weighted by molar-refractivity contribution is -0.134. The number of hydrogen-bond acceptors (Lipinski definition) is 7. The molecule has 5 heterocycles. The Morgan fingerprint density at radius 3 is 2.47 bits per heavy atom. The summed E-state index contributed by atoms with van der Waals surface area (Å²) in [4.78, 5) is 33.4. The van der Waals surface area contributed by atoms with Crippen LogP contribution >= 0.6 is 0 Å². The van der Waals surface area contributed by atoms with Crippen LogP contribution < -0.4 is 4.74 Å². The molecule has 226 valence electrons. The highest BCUT2D eigenvalue weighted by Gasteiger charge is 2.39. The summed E-state index contributed by atoms with van der Waals surface area (Å²) in [7, 11) is 0. The summed E-state index contributed by atoms with van der Waals surface area (Å²) in [6.07, 6.45) is 2.58. The number of morpholine rings is 1. The van der Waals surface area contributed by atoms with E-state index in [0.717, 1.165) is 17.8 Å². The van der Waals surface area contributed by atoms with Crippen LogP contribution in [0.4, 0.5) is 18.0 Å². The fraction of sp³-hybridized carbons (Fsp3) is 0.414. The maximum Gasteiger partial charge on any atom is 0.341 e. The van der Waals surface area contributed by atoms with Crippen molar-refractivity contribution in [3.05, 3.63) is 70.4 Å². The number of carbonyl (C=O) groups excluding carboxylic acids is 2. The first-order valence-electron chi connectivity index (χ1n) is 14.0. The molecule has 3 amide bonds. The zero-order chi connectivity index (χ0) is 30.2. The van der Waals surface area contributed by atoms with E-state index >= 15 is 0 Å². The van der Waals surface area contributed by atoms with Crippen molar-refractivity contribution >= 4 is 18.2 Å². The van der Waals surface area contributed by atoms with Gasteiger partial charge in [-0.1, -0.05) is 0 Å². The van der Waals surface area contributed by atoms with Crippen LogP contribution in [0, 0.1) is 31.3 Å². The van der Waals surface area contributed by atoms with Gasteiger partial charge in [0.2, 0.25) is 5.91 Å². The van der Waals surface area contributed by atoms with Crippen LogP contribution in [0.5, 0.6) is 5.75 Å². The molecule has 0 spiro atoms. The van der Waals surface area contributed by atoms with Gasteiger partial charge in [-0.2, -0.15) is 10.2 Å². The zero-order valence-electron chi connectivity index (χ0n) is 23.7. The third kappa shape index (κ3) is 5.78. The van der Waals surface area contributed by atoms with E-state index in [1.54, 1.807) is 9.58 Å². The van der Waals surface area contributed by atoms with Crippen LogP contribution in [0.1, 0.15) is 35.0 Å². The lowest BCUT2D eigenvalue weighted by atomic mass is 10.0. The molecule has 1 atom stereocenters. The number of likely N-dealkylation sites (tertiary alicyclic amines) is 1. The molecule has 0 radical (unpaired) electrons. The van der Waals surface area contributed by atoms with Gasteiger partial charge in [-0.05, 0) is 31.5 Å². The van der Waals surface area contributed by atoms with Crippen LogP contribution in [-0.2, 0) is 16.0 Å². The Bertz CT molecular complexity index is 1560. The topological polar surface area (TPSA) is 105 Å². The second-order valence-electron chi connectivity index (χ2n) is 10.7. The molecular formula is C29H30F3N7O4. The molecule has 2 fully saturated rings. The van der Waals surface area contributed by atoms with Gasteiger partial charge in [0.1, 0.15) is 17.7 Å². The van der Waals surface area contributed by atoms with E-state index in [9.17, 15) is 22.8 Å². The number of benzene rings is 1. The predicted octanol–water partition coefficient (Wildman–Crippen LogP) is 3.32. The van der Waals surface area contributed by atoms with E-state index in [1.165, 1.54) is 34.3 Å². The highest BCUT2D eigenvalue weighted by atomic mass is 19.1. The Hall–Kier alpha value is -4.46. The summed E-state index contributed by atoms with van der Waals surface area (Å²) in [5.74, 6) is -1.87. The highest BCUT2D eigenvalue weighted by molar-refractivity contribution is 5.80. The van der Waals surface area contributed by atoms with E-state index < -0.39 is 35.6 Å². The van der Waals surface area contributed by atoms with Crippen LogP contribution in [-0.4, -0.2) is 93.2 Å². The van der Waals surface area contributed by atoms with Gasteiger partial charge >= 0.3 is 6.03 Å².